The van der Waals surface area contributed by atoms with Crippen LogP contribution in [0.4, 0.5) is 0 Å². The lowest BCUT2D eigenvalue weighted by molar-refractivity contribution is -0.268. The number of Topliss-reactive ketones (excluding diaryl/α,β-unsaturated/α-hetero) is 2. The van der Waals surface area contributed by atoms with E-state index in [1.165, 1.54) is 13.8 Å². The Balaban J connectivity index is 2.01. The van der Waals surface area contributed by atoms with Crippen molar-refractivity contribution in [2.45, 2.75) is 78.6 Å². The Morgan fingerprint density at radius 2 is 1.91 bits per heavy atom. The summed E-state index contributed by atoms with van der Waals surface area (Å²) >= 11 is 0. The number of fused-ring (bicyclic) bond motifs is 5. The average molecular weight is 447 g/mol. The molecule has 2 bridgehead atoms. The lowest BCUT2D eigenvalue weighted by Crippen LogP contribution is -2.73. The van der Waals surface area contributed by atoms with Crippen molar-refractivity contribution in [1.82, 2.24) is 0 Å². The minimum Gasteiger partial charge on any atom is -0.450 e. The Kier molecular flexibility index (Phi) is 5.33. The predicted octanol–water partition coefficient (Wildman–Crippen LogP) is 2.43. The van der Waals surface area contributed by atoms with E-state index in [0.29, 0.717) is 18.4 Å². The van der Waals surface area contributed by atoms with Gasteiger partial charge in [0.15, 0.2) is 11.9 Å². The van der Waals surface area contributed by atoms with E-state index in [4.69, 9.17) is 9.47 Å². The molecule has 32 heavy (non-hydrogen) atoms. The van der Waals surface area contributed by atoms with Crippen LogP contribution < -0.4 is 0 Å². The third-order valence-electron chi connectivity index (χ3n) is 9.38. The summed E-state index contributed by atoms with van der Waals surface area (Å²) in [5.41, 5.74) is -1.50. The molecule has 1 N–H and O–H groups in total. The minimum atomic E-state index is -1.25. The zero-order valence-electron chi connectivity index (χ0n) is 19.8. The van der Waals surface area contributed by atoms with Crippen molar-refractivity contribution in [3.05, 3.63) is 11.1 Å². The molecule has 2 saturated carbocycles. The Bertz CT molecular complexity index is 917. The molecule has 0 spiro atoms. The molecule has 3 aliphatic carbocycles. The van der Waals surface area contributed by atoms with E-state index < -0.39 is 58.3 Å². The van der Waals surface area contributed by atoms with Crippen molar-refractivity contribution in [1.29, 1.82) is 0 Å². The summed E-state index contributed by atoms with van der Waals surface area (Å²) in [5, 5.41) is 12.3. The zero-order chi connectivity index (χ0) is 23.8. The topological polar surface area (TPSA) is 107 Å². The second-order valence-corrected chi connectivity index (χ2v) is 10.9. The summed E-state index contributed by atoms with van der Waals surface area (Å²) in [7, 11) is 0. The number of rotatable bonds is 3. The Hall–Kier alpha value is -1.86. The van der Waals surface area contributed by atoms with Crippen molar-refractivity contribution >= 4 is 23.8 Å². The van der Waals surface area contributed by atoms with Crippen LogP contribution in [0.3, 0.4) is 0 Å². The maximum absolute atomic E-state index is 14.2. The van der Waals surface area contributed by atoms with Gasteiger partial charge >= 0.3 is 5.97 Å². The van der Waals surface area contributed by atoms with Crippen LogP contribution in [0.25, 0.3) is 0 Å². The van der Waals surface area contributed by atoms with Crippen LogP contribution in [0, 0.1) is 34.5 Å². The van der Waals surface area contributed by atoms with E-state index in [1.807, 2.05) is 27.7 Å². The van der Waals surface area contributed by atoms with E-state index in [0.717, 1.165) is 11.9 Å². The van der Waals surface area contributed by atoms with Crippen molar-refractivity contribution in [2.75, 3.05) is 6.61 Å². The lowest BCUT2D eigenvalue weighted by atomic mass is 9.43. The molecule has 176 valence electrons. The van der Waals surface area contributed by atoms with Crippen LogP contribution in [0.1, 0.15) is 60.8 Å². The second kappa shape index (κ2) is 7.32. The van der Waals surface area contributed by atoms with E-state index in [9.17, 15) is 24.3 Å². The Morgan fingerprint density at radius 3 is 2.41 bits per heavy atom. The molecule has 8 atom stereocenters. The maximum Gasteiger partial charge on any atom is 0.303 e. The molecule has 0 amide bonds. The smallest absolute Gasteiger partial charge is 0.303 e. The molecule has 1 heterocycles. The number of hydrogen-bond acceptors (Lipinski definition) is 7. The van der Waals surface area contributed by atoms with Gasteiger partial charge in [-0.15, -0.1) is 0 Å². The van der Waals surface area contributed by atoms with Crippen LogP contribution in [0.15, 0.2) is 11.1 Å². The third-order valence-corrected chi connectivity index (χ3v) is 9.38. The number of ether oxygens (including phenoxy) is 2. The summed E-state index contributed by atoms with van der Waals surface area (Å²) in [5.74, 6) is -3.56. The van der Waals surface area contributed by atoms with Gasteiger partial charge in [-0.2, -0.15) is 0 Å². The monoisotopic (exact) mass is 446 g/mol. The number of aliphatic hydroxyl groups is 1. The fourth-order valence-corrected chi connectivity index (χ4v) is 7.64. The molecule has 0 radical (unpaired) electrons. The fraction of sp³-hybridized carbons (Fsp3) is 0.760. The summed E-state index contributed by atoms with van der Waals surface area (Å²) in [6.07, 6.45) is 0.434. The van der Waals surface area contributed by atoms with E-state index in [2.05, 4.69) is 0 Å². The van der Waals surface area contributed by atoms with Gasteiger partial charge in [-0.3, -0.25) is 14.4 Å². The summed E-state index contributed by atoms with van der Waals surface area (Å²) in [4.78, 5) is 51.5. The second-order valence-electron chi connectivity index (χ2n) is 10.9. The van der Waals surface area contributed by atoms with Crippen LogP contribution in [-0.2, 0) is 28.7 Å². The van der Waals surface area contributed by atoms with Crippen LogP contribution in [0.5, 0.6) is 0 Å². The van der Waals surface area contributed by atoms with E-state index in [-0.39, 0.29) is 24.6 Å². The number of carbonyl (C=O) groups is 4. The molecular formula is C25H34O7. The highest BCUT2D eigenvalue weighted by atomic mass is 16.5. The van der Waals surface area contributed by atoms with Crippen LogP contribution in [-0.4, -0.2) is 53.3 Å². The van der Waals surface area contributed by atoms with Crippen LogP contribution in [0.2, 0.25) is 0 Å². The van der Waals surface area contributed by atoms with Crippen molar-refractivity contribution in [3.63, 3.8) is 0 Å². The number of hydrogen-bond donors (Lipinski definition) is 1. The molecule has 1 aliphatic heterocycles. The number of allylic oxidation sites excluding steroid dienone is 1. The first-order valence-electron chi connectivity index (χ1n) is 11.6. The molecule has 4 aliphatic rings. The highest BCUT2D eigenvalue weighted by Crippen LogP contribution is 2.64. The molecular weight excluding hydrogens is 412 g/mol. The Morgan fingerprint density at radius 1 is 1.25 bits per heavy atom. The third kappa shape index (κ3) is 2.73. The normalized spacial score (nSPS) is 44.9. The number of esters is 1. The molecule has 7 nitrogen and oxygen atoms in total. The lowest BCUT2D eigenvalue weighted by Gasteiger charge is -2.65. The van der Waals surface area contributed by atoms with Gasteiger partial charge in [0.25, 0.3) is 0 Å². The molecule has 3 fully saturated rings. The van der Waals surface area contributed by atoms with Gasteiger partial charge < -0.3 is 19.4 Å². The SMILES string of the molecule is CC(=O)OC1C(=O)C2C([C@H](C)C3(O)CCC(C)=C1C3(C)C)[C@]1(C(C)=O)COC1C[C@@H]2C=O. The minimum absolute atomic E-state index is 0.0819. The standard InChI is InChI=1S/C25H34O7/c1-12-7-8-25(30)13(2)20-18(16(10-26)9-17-24(20,11-31-17)14(3)27)21(29)22(32-15(4)28)19(12)23(25,5)6/h10,13,16-18,20,22,30H,7-9,11H2,1-6H3/t13-,16+,17?,18?,20?,22?,24-,25?/m0/s1. The van der Waals surface area contributed by atoms with Gasteiger partial charge in [0.05, 0.1) is 23.7 Å². The highest BCUT2D eigenvalue weighted by molar-refractivity contribution is 5.95. The van der Waals surface area contributed by atoms with Crippen molar-refractivity contribution in [2.24, 2.45) is 34.5 Å². The van der Waals surface area contributed by atoms with Crippen molar-refractivity contribution < 1.29 is 33.8 Å². The van der Waals surface area contributed by atoms with Crippen molar-refractivity contribution in [3.8, 4) is 0 Å². The Labute approximate surface area is 188 Å². The van der Waals surface area contributed by atoms with Gasteiger partial charge in [0.2, 0.25) is 0 Å². The zero-order valence-corrected chi connectivity index (χ0v) is 19.8. The molecule has 0 aromatic carbocycles. The van der Waals surface area contributed by atoms with Gasteiger partial charge in [0.1, 0.15) is 12.1 Å². The van der Waals surface area contributed by atoms with Crippen LogP contribution >= 0.6 is 0 Å². The molecule has 5 unspecified atom stereocenters. The van der Waals surface area contributed by atoms with Gasteiger partial charge in [-0.05, 0) is 50.5 Å². The number of aldehydes is 1. The molecule has 7 heteroatoms. The van der Waals surface area contributed by atoms with Gasteiger partial charge in [-0.1, -0.05) is 26.3 Å². The number of ketones is 2. The summed E-state index contributed by atoms with van der Waals surface area (Å²) < 4.78 is 11.4. The van der Waals surface area contributed by atoms with E-state index >= 15 is 0 Å². The number of carbonyl (C=O) groups excluding carboxylic acids is 4. The molecule has 1 saturated heterocycles. The first-order valence-corrected chi connectivity index (χ1v) is 11.6. The van der Waals surface area contributed by atoms with Gasteiger partial charge in [0, 0.05) is 24.2 Å². The summed E-state index contributed by atoms with van der Waals surface area (Å²) in [6, 6.07) is 0. The largest absolute Gasteiger partial charge is 0.450 e. The summed E-state index contributed by atoms with van der Waals surface area (Å²) in [6.45, 7) is 10.5. The maximum atomic E-state index is 14.2. The van der Waals surface area contributed by atoms with E-state index in [1.54, 1.807) is 0 Å². The first kappa shape index (κ1) is 23.3. The van der Waals surface area contributed by atoms with Gasteiger partial charge in [-0.25, -0.2) is 0 Å². The molecule has 0 aromatic heterocycles. The average Bonchev–Trinajstić information content (AvgIpc) is 2.68. The fourth-order valence-electron chi connectivity index (χ4n) is 7.64. The molecule has 0 aromatic rings. The molecule has 4 rings (SSSR count). The first-order chi connectivity index (χ1) is 14.8. The quantitative estimate of drug-likeness (QED) is 0.403. The highest BCUT2D eigenvalue weighted by Gasteiger charge is 2.71. The predicted molar refractivity (Wildman–Crippen MR) is 114 cm³/mol.